The summed E-state index contributed by atoms with van der Waals surface area (Å²) in [5.41, 5.74) is 0.910. The molecule has 0 aliphatic heterocycles. The van der Waals surface area contributed by atoms with Gasteiger partial charge in [-0.1, -0.05) is 12.1 Å². The molecule has 114 valence electrons. The van der Waals surface area contributed by atoms with Gasteiger partial charge in [0.2, 0.25) is 0 Å². The number of hydrogen-bond donors (Lipinski definition) is 0. The molecule has 0 saturated carbocycles. The van der Waals surface area contributed by atoms with E-state index in [0.717, 1.165) is 33.3 Å². The predicted molar refractivity (Wildman–Crippen MR) is 77.2 cm³/mol. The van der Waals surface area contributed by atoms with Gasteiger partial charge in [0, 0.05) is 0 Å². The summed E-state index contributed by atoms with van der Waals surface area (Å²) in [4.78, 5) is 5.28. The maximum Gasteiger partial charge on any atom is 0.416 e. The van der Waals surface area contributed by atoms with Gasteiger partial charge in [0.05, 0.1) is 28.8 Å². The summed E-state index contributed by atoms with van der Waals surface area (Å²) < 4.78 is 43.2. The number of thiazole rings is 1. The van der Waals surface area contributed by atoms with Crippen LogP contribution in [0.1, 0.15) is 30.1 Å². The highest BCUT2D eigenvalue weighted by Crippen LogP contribution is 2.34. The van der Waals surface area contributed by atoms with E-state index >= 15 is 0 Å². The first-order chi connectivity index (χ1) is 9.77. The highest BCUT2D eigenvalue weighted by molar-refractivity contribution is 7.15. The summed E-state index contributed by atoms with van der Waals surface area (Å²) in [6.07, 6.45) is -4.19. The molecular formula is C15H16F3NOS. The largest absolute Gasteiger partial charge is 0.416 e. The van der Waals surface area contributed by atoms with Gasteiger partial charge in [0.15, 0.2) is 0 Å². The lowest BCUT2D eigenvalue weighted by Gasteiger charge is -2.07. The fraction of sp³-hybridized carbons (Fsp3) is 0.400. The number of hydrogen-bond acceptors (Lipinski definition) is 3. The fourth-order valence-corrected chi connectivity index (χ4v) is 2.82. The molecule has 0 amide bonds. The Hall–Kier alpha value is -1.40. The van der Waals surface area contributed by atoms with Crippen molar-refractivity contribution in [2.75, 3.05) is 0 Å². The Morgan fingerprint density at radius 3 is 2.33 bits per heavy atom. The molecule has 0 saturated heterocycles. The van der Waals surface area contributed by atoms with Crippen molar-refractivity contribution in [3.05, 3.63) is 40.5 Å². The third-order valence-corrected chi connectivity index (χ3v) is 4.04. The van der Waals surface area contributed by atoms with Crippen molar-refractivity contribution in [1.82, 2.24) is 4.98 Å². The number of aryl methyl sites for hydroxylation is 1. The van der Waals surface area contributed by atoms with E-state index in [1.807, 2.05) is 20.8 Å². The molecule has 2 nitrogen and oxygen atoms in total. The number of benzene rings is 1. The SMILES string of the molecule is Cc1nc(COC(C)C)sc1-c1ccc(C(F)(F)F)cc1. The minimum absolute atomic E-state index is 0.115. The molecule has 0 aliphatic rings. The van der Waals surface area contributed by atoms with Gasteiger partial charge >= 0.3 is 6.18 Å². The molecular weight excluding hydrogens is 299 g/mol. The van der Waals surface area contributed by atoms with Crippen molar-refractivity contribution in [3.63, 3.8) is 0 Å². The van der Waals surface area contributed by atoms with Crippen molar-refractivity contribution >= 4 is 11.3 Å². The Balaban J connectivity index is 2.22. The number of aromatic nitrogens is 1. The molecule has 0 bridgehead atoms. The average molecular weight is 315 g/mol. The van der Waals surface area contributed by atoms with Gasteiger partial charge in [0.25, 0.3) is 0 Å². The van der Waals surface area contributed by atoms with Crippen LogP contribution in [-0.4, -0.2) is 11.1 Å². The van der Waals surface area contributed by atoms with Crippen LogP contribution in [0.15, 0.2) is 24.3 Å². The van der Waals surface area contributed by atoms with Crippen molar-refractivity contribution < 1.29 is 17.9 Å². The minimum atomic E-state index is -4.31. The van der Waals surface area contributed by atoms with Crippen LogP contribution >= 0.6 is 11.3 Å². The molecule has 2 rings (SSSR count). The molecule has 2 aromatic rings. The second kappa shape index (κ2) is 6.15. The first-order valence-electron chi connectivity index (χ1n) is 6.53. The van der Waals surface area contributed by atoms with E-state index in [-0.39, 0.29) is 6.10 Å². The molecule has 1 heterocycles. The highest BCUT2D eigenvalue weighted by atomic mass is 32.1. The van der Waals surface area contributed by atoms with E-state index in [0.29, 0.717) is 6.61 Å². The van der Waals surface area contributed by atoms with Crippen LogP contribution in [0.4, 0.5) is 13.2 Å². The highest BCUT2D eigenvalue weighted by Gasteiger charge is 2.30. The first kappa shape index (κ1) is 16.0. The number of rotatable bonds is 4. The third-order valence-electron chi connectivity index (χ3n) is 2.86. The van der Waals surface area contributed by atoms with Gasteiger partial charge in [0.1, 0.15) is 5.01 Å². The molecule has 21 heavy (non-hydrogen) atoms. The molecule has 0 atom stereocenters. The normalized spacial score (nSPS) is 12.1. The summed E-state index contributed by atoms with van der Waals surface area (Å²) in [6, 6.07) is 5.16. The van der Waals surface area contributed by atoms with Crippen LogP contribution in [0.25, 0.3) is 10.4 Å². The lowest BCUT2D eigenvalue weighted by atomic mass is 10.1. The van der Waals surface area contributed by atoms with Gasteiger partial charge in [-0.05, 0) is 38.5 Å². The third kappa shape index (κ3) is 4.04. The predicted octanol–water partition coefficient (Wildman–Crippen LogP) is 5.06. The number of nitrogens with zero attached hydrogens (tertiary/aromatic N) is 1. The van der Waals surface area contributed by atoms with E-state index in [1.54, 1.807) is 0 Å². The summed E-state index contributed by atoms with van der Waals surface area (Å²) in [6.45, 7) is 6.15. The molecule has 1 aromatic heterocycles. The number of halogens is 3. The van der Waals surface area contributed by atoms with Crippen LogP contribution in [0, 0.1) is 6.92 Å². The van der Waals surface area contributed by atoms with Crippen molar-refractivity contribution in [2.24, 2.45) is 0 Å². The summed E-state index contributed by atoms with van der Waals surface area (Å²) in [5.74, 6) is 0. The molecule has 0 fully saturated rings. The number of ether oxygens (including phenoxy) is 1. The monoisotopic (exact) mass is 315 g/mol. The Labute approximate surface area is 125 Å². The van der Waals surface area contributed by atoms with Crippen LogP contribution in [-0.2, 0) is 17.5 Å². The van der Waals surface area contributed by atoms with Gasteiger partial charge in [-0.2, -0.15) is 13.2 Å². The molecule has 0 N–H and O–H groups in total. The van der Waals surface area contributed by atoms with E-state index in [1.165, 1.54) is 23.5 Å². The molecule has 0 spiro atoms. The summed E-state index contributed by atoms with van der Waals surface area (Å²) in [5, 5.41) is 0.830. The zero-order chi connectivity index (χ0) is 15.6. The van der Waals surface area contributed by atoms with Crippen molar-refractivity contribution in [2.45, 2.75) is 39.7 Å². The zero-order valence-corrected chi connectivity index (χ0v) is 12.8. The van der Waals surface area contributed by atoms with E-state index < -0.39 is 11.7 Å². The Bertz CT molecular complexity index is 602. The van der Waals surface area contributed by atoms with Gasteiger partial charge in [-0.15, -0.1) is 11.3 Å². The van der Waals surface area contributed by atoms with E-state index in [9.17, 15) is 13.2 Å². The van der Waals surface area contributed by atoms with Crippen LogP contribution in [0.3, 0.4) is 0 Å². The number of alkyl halides is 3. The Morgan fingerprint density at radius 2 is 1.81 bits per heavy atom. The maximum absolute atomic E-state index is 12.6. The molecule has 0 aliphatic carbocycles. The lowest BCUT2D eigenvalue weighted by molar-refractivity contribution is -0.137. The molecule has 1 aromatic carbocycles. The molecule has 6 heteroatoms. The smallest absolute Gasteiger partial charge is 0.372 e. The lowest BCUT2D eigenvalue weighted by Crippen LogP contribution is -2.03. The van der Waals surface area contributed by atoms with Crippen molar-refractivity contribution in [3.8, 4) is 10.4 Å². The summed E-state index contributed by atoms with van der Waals surface area (Å²) >= 11 is 1.45. The quantitative estimate of drug-likeness (QED) is 0.786. The average Bonchev–Trinajstić information content (AvgIpc) is 2.77. The molecule has 0 unspecified atom stereocenters. The van der Waals surface area contributed by atoms with Crippen LogP contribution in [0.2, 0.25) is 0 Å². The Kier molecular flexibility index (Phi) is 4.68. The van der Waals surface area contributed by atoms with Gasteiger partial charge in [-0.25, -0.2) is 4.98 Å². The van der Waals surface area contributed by atoms with Gasteiger partial charge in [-0.3, -0.25) is 0 Å². The maximum atomic E-state index is 12.6. The zero-order valence-electron chi connectivity index (χ0n) is 12.0. The fourth-order valence-electron chi connectivity index (χ4n) is 1.83. The minimum Gasteiger partial charge on any atom is -0.372 e. The van der Waals surface area contributed by atoms with Gasteiger partial charge < -0.3 is 4.74 Å². The molecule has 0 radical (unpaired) electrons. The second-order valence-corrected chi connectivity index (χ2v) is 6.04. The van der Waals surface area contributed by atoms with Crippen LogP contribution < -0.4 is 0 Å². The Morgan fingerprint density at radius 1 is 1.19 bits per heavy atom. The second-order valence-electron chi connectivity index (χ2n) is 4.96. The van der Waals surface area contributed by atoms with E-state index in [4.69, 9.17) is 4.74 Å². The van der Waals surface area contributed by atoms with E-state index in [2.05, 4.69) is 4.98 Å². The summed E-state index contributed by atoms with van der Waals surface area (Å²) in [7, 11) is 0. The standard InChI is InChI=1S/C15H16F3NOS/c1-9(2)20-8-13-19-10(3)14(21-13)11-4-6-12(7-5-11)15(16,17)18/h4-7,9H,8H2,1-3H3. The van der Waals surface area contributed by atoms with Crippen molar-refractivity contribution in [1.29, 1.82) is 0 Å². The first-order valence-corrected chi connectivity index (χ1v) is 7.34. The topological polar surface area (TPSA) is 22.1 Å². The van der Waals surface area contributed by atoms with Crippen LogP contribution in [0.5, 0.6) is 0 Å².